The largest absolute Gasteiger partial charge is 0.487 e. The van der Waals surface area contributed by atoms with Gasteiger partial charge in [0.25, 0.3) is 0 Å². The highest BCUT2D eigenvalue weighted by atomic mass is 16.5. The van der Waals surface area contributed by atoms with Crippen molar-refractivity contribution in [1.29, 1.82) is 0 Å². The molecule has 2 aliphatic rings. The Balaban J connectivity index is 1.30. The van der Waals surface area contributed by atoms with Crippen molar-refractivity contribution < 1.29 is 9.53 Å². The molecule has 0 saturated carbocycles. The quantitative estimate of drug-likeness (QED) is 0.682. The highest BCUT2D eigenvalue weighted by molar-refractivity contribution is 6.15. The van der Waals surface area contributed by atoms with Crippen LogP contribution in [0.25, 0.3) is 0 Å². The molecule has 1 unspecified atom stereocenters. The van der Waals surface area contributed by atoms with E-state index in [-0.39, 0.29) is 24.0 Å². The molecule has 1 N–H and O–H groups in total. The van der Waals surface area contributed by atoms with Crippen molar-refractivity contribution in [2.45, 2.75) is 51.8 Å². The van der Waals surface area contributed by atoms with Gasteiger partial charge in [0.2, 0.25) is 5.91 Å². The Morgan fingerprint density at radius 1 is 1.19 bits per heavy atom. The lowest BCUT2D eigenvalue weighted by atomic mass is 9.89. The number of nitrogens with one attached hydrogen (secondary N) is 1. The maximum Gasteiger partial charge on any atom is 0.226 e. The number of fused-ring (bicyclic) bond motifs is 2. The molecule has 6 nitrogen and oxygen atoms in total. The smallest absolute Gasteiger partial charge is 0.226 e. The van der Waals surface area contributed by atoms with E-state index in [1.54, 1.807) is 6.20 Å². The monoisotopic (exact) mass is 426 g/mol. The fourth-order valence-electron chi connectivity index (χ4n) is 4.52. The average molecular weight is 427 g/mol. The molecule has 1 amide bonds. The summed E-state index contributed by atoms with van der Waals surface area (Å²) in [6.45, 7) is 6.67. The Kier molecular flexibility index (Phi) is 5.00. The predicted octanol–water partition coefficient (Wildman–Crippen LogP) is 4.10. The Bertz CT molecular complexity index is 1230. The van der Waals surface area contributed by atoms with E-state index in [0.29, 0.717) is 6.54 Å². The summed E-state index contributed by atoms with van der Waals surface area (Å²) in [4.78, 5) is 26.4. The number of rotatable bonds is 4. The maximum atomic E-state index is 12.9. The lowest BCUT2D eigenvalue weighted by Crippen LogP contribution is -2.41. The predicted molar refractivity (Wildman–Crippen MR) is 123 cm³/mol. The third-order valence-corrected chi connectivity index (χ3v) is 5.93. The first-order valence-corrected chi connectivity index (χ1v) is 10.9. The van der Waals surface area contributed by atoms with Crippen LogP contribution in [0.1, 0.15) is 60.0 Å². The molecule has 3 aromatic rings. The highest BCUT2D eigenvalue weighted by Gasteiger charge is 2.34. The molecule has 1 atom stereocenters. The van der Waals surface area contributed by atoms with E-state index in [2.05, 4.69) is 15.3 Å². The number of aliphatic imine (C=N–C) groups is 1. The van der Waals surface area contributed by atoms with E-state index < -0.39 is 0 Å². The molecule has 6 heteroatoms. The van der Waals surface area contributed by atoms with Crippen molar-refractivity contribution in [2.24, 2.45) is 4.99 Å². The van der Waals surface area contributed by atoms with Gasteiger partial charge < -0.3 is 10.1 Å². The summed E-state index contributed by atoms with van der Waals surface area (Å²) in [5, 5.41) is 3.19. The number of aromatic nitrogens is 2. The molecule has 0 radical (unpaired) electrons. The van der Waals surface area contributed by atoms with Gasteiger partial charge in [-0.2, -0.15) is 0 Å². The van der Waals surface area contributed by atoms with E-state index in [1.807, 2.05) is 69.4 Å². The van der Waals surface area contributed by atoms with Crippen LogP contribution in [0.3, 0.4) is 0 Å². The molecule has 32 heavy (non-hydrogen) atoms. The highest BCUT2D eigenvalue weighted by Crippen LogP contribution is 2.39. The van der Waals surface area contributed by atoms with Crippen molar-refractivity contribution in [2.75, 3.05) is 0 Å². The van der Waals surface area contributed by atoms with E-state index in [4.69, 9.17) is 9.73 Å². The third-order valence-electron chi connectivity index (χ3n) is 5.93. The van der Waals surface area contributed by atoms with E-state index >= 15 is 0 Å². The SMILES string of the molecule is Cc1cc(C2=NCc3cc(CC(=O)NC4CC(C)(C)Oc5ccccc54)ncc32)ccn1. The Labute approximate surface area is 187 Å². The molecular weight excluding hydrogens is 400 g/mol. The molecule has 0 aliphatic carbocycles. The van der Waals surface area contributed by atoms with Gasteiger partial charge in [-0.05, 0) is 50.6 Å². The molecule has 162 valence electrons. The van der Waals surface area contributed by atoms with Crippen molar-refractivity contribution in [1.82, 2.24) is 15.3 Å². The fourth-order valence-corrected chi connectivity index (χ4v) is 4.52. The van der Waals surface area contributed by atoms with Crippen LogP contribution in [0.4, 0.5) is 0 Å². The first kappa shape index (κ1) is 20.4. The Hall–Kier alpha value is -3.54. The molecule has 5 rings (SSSR count). The lowest BCUT2D eigenvalue weighted by Gasteiger charge is -2.37. The van der Waals surface area contributed by atoms with E-state index in [9.17, 15) is 4.79 Å². The van der Waals surface area contributed by atoms with Gasteiger partial charge >= 0.3 is 0 Å². The van der Waals surface area contributed by atoms with E-state index in [0.717, 1.165) is 51.5 Å². The van der Waals surface area contributed by atoms with Crippen LogP contribution in [0.5, 0.6) is 5.75 Å². The summed E-state index contributed by atoms with van der Waals surface area (Å²) in [5.74, 6) is 0.791. The molecule has 2 aliphatic heterocycles. The normalized spacial score (nSPS) is 18.2. The number of hydrogen-bond donors (Lipinski definition) is 1. The van der Waals surface area contributed by atoms with E-state index in [1.165, 1.54) is 0 Å². The van der Waals surface area contributed by atoms with Crippen molar-refractivity contribution in [3.8, 4) is 5.75 Å². The molecule has 0 fully saturated rings. The lowest BCUT2D eigenvalue weighted by molar-refractivity contribution is -0.121. The summed E-state index contributed by atoms with van der Waals surface area (Å²) in [7, 11) is 0. The molecule has 0 spiro atoms. The summed E-state index contributed by atoms with van der Waals surface area (Å²) in [5.41, 5.74) is 6.51. The second kappa shape index (κ2) is 7.86. The van der Waals surface area contributed by atoms with Gasteiger partial charge in [0.1, 0.15) is 11.4 Å². The number of amides is 1. The van der Waals surface area contributed by atoms with Gasteiger partial charge in [-0.15, -0.1) is 0 Å². The molecule has 0 bridgehead atoms. The zero-order valence-electron chi connectivity index (χ0n) is 18.6. The zero-order valence-corrected chi connectivity index (χ0v) is 18.6. The Morgan fingerprint density at radius 3 is 2.88 bits per heavy atom. The number of nitrogens with zero attached hydrogens (tertiary/aromatic N) is 3. The summed E-state index contributed by atoms with van der Waals surface area (Å²) in [6, 6.07) is 13.8. The molecule has 4 heterocycles. The molecular formula is C26H26N4O2. The van der Waals surface area contributed by atoms with Gasteiger partial charge in [0.15, 0.2) is 0 Å². The second-order valence-corrected chi connectivity index (χ2v) is 9.08. The van der Waals surface area contributed by atoms with Crippen LogP contribution in [-0.4, -0.2) is 27.2 Å². The first-order chi connectivity index (χ1) is 15.4. The van der Waals surface area contributed by atoms with Gasteiger partial charge in [0, 0.05) is 41.2 Å². The fraction of sp³-hybridized carbons (Fsp3) is 0.308. The number of ether oxygens (including phenoxy) is 1. The minimum absolute atomic E-state index is 0.0427. The number of carbonyl (C=O) groups excluding carboxylic acids is 1. The van der Waals surface area contributed by atoms with Crippen molar-refractivity contribution in [3.05, 3.63) is 88.5 Å². The molecule has 0 saturated heterocycles. The van der Waals surface area contributed by atoms with Crippen LogP contribution in [0.2, 0.25) is 0 Å². The molecule has 1 aromatic carbocycles. The number of hydrogen-bond acceptors (Lipinski definition) is 5. The molecule has 2 aromatic heterocycles. The summed E-state index contributed by atoms with van der Waals surface area (Å²) in [6.07, 6.45) is 4.59. The Morgan fingerprint density at radius 2 is 2.03 bits per heavy atom. The van der Waals surface area contributed by atoms with Gasteiger partial charge in [-0.25, -0.2) is 0 Å². The maximum absolute atomic E-state index is 12.9. The number of benzene rings is 1. The standard InChI is InChI=1S/C26H26N4O2/c1-16-10-17(8-9-27-16)25-21-15-28-19(11-18(21)14-29-25)12-24(31)30-22-13-26(2,3)32-23-7-5-4-6-20(22)23/h4-11,15,22H,12-14H2,1-3H3,(H,30,31). The van der Waals surface area contributed by atoms with Gasteiger partial charge in [-0.1, -0.05) is 18.2 Å². The van der Waals surface area contributed by atoms with Crippen LogP contribution < -0.4 is 10.1 Å². The zero-order chi connectivity index (χ0) is 22.3. The first-order valence-electron chi connectivity index (χ1n) is 10.9. The van der Waals surface area contributed by atoms with Crippen LogP contribution in [0, 0.1) is 6.92 Å². The van der Waals surface area contributed by atoms with Crippen molar-refractivity contribution >= 4 is 11.6 Å². The third kappa shape index (κ3) is 4.00. The second-order valence-electron chi connectivity index (χ2n) is 9.08. The number of para-hydroxylation sites is 1. The minimum atomic E-state index is -0.336. The summed E-state index contributed by atoms with van der Waals surface area (Å²) < 4.78 is 6.07. The van der Waals surface area contributed by atoms with Crippen molar-refractivity contribution in [3.63, 3.8) is 0 Å². The number of aryl methyl sites for hydroxylation is 1. The van der Waals surface area contributed by atoms with Gasteiger partial charge in [0.05, 0.1) is 30.4 Å². The summed E-state index contributed by atoms with van der Waals surface area (Å²) >= 11 is 0. The minimum Gasteiger partial charge on any atom is -0.487 e. The van der Waals surface area contributed by atoms with Gasteiger partial charge in [-0.3, -0.25) is 19.8 Å². The number of pyridine rings is 2. The number of carbonyl (C=O) groups is 1. The van der Waals surface area contributed by atoms with Crippen LogP contribution in [0.15, 0.2) is 59.9 Å². The topological polar surface area (TPSA) is 76.5 Å². The van der Waals surface area contributed by atoms with Crippen LogP contribution in [-0.2, 0) is 17.8 Å². The van der Waals surface area contributed by atoms with Crippen LogP contribution >= 0.6 is 0 Å². The average Bonchev–Trinajstić information content (AvgIpc) is 3.16.